The Morgan fingerprint density at radius 3 is 2.62 bits per heavy atom. The molecule has 13 heteroatoms. The van der Waals surface area contributed by atoms with Crippen LogP contribution in [0, 0.1) is 23.5 Å². The van der Waals surface area contributed by atoms with Crippen LogP contribution in [-0.4, -0.2) is 95.0 Å². The Morgan fingerprint density at radius 2 is 2.00 bits per heavy atom. The summed E-state index contributed by atoms with van der Waals surface area (Å²) in [5.41, 5.74) is -1.38. The van der Waals surface area contributed by atoms with E-state index in [1.54, 1.807) is 6.07 Å². The Labute approximate surface area is 241 Å². The van der Waals surface area contributed by atoms with Crippen molar-refractivity contribution in [2.75, 3.05) is 39.8 Å². The van der Waals surface area contributed by atoms with Crippen LogP contribution in [0.2, 0.25) is 0 Å². The summed E-state index contributed by atoms with van der Waals surface area (Å²) in [5, 5.41) is 17.7. The first-order valence-electron chi connectivity index (χ1n) is 13.4. The molecular weight excluding hydrogens is 550 g/mol. The molecule has 0 unspecified atom stereocenters. The predicted molar refractivity (Wildman–Crippen MR) is 147 cm³/mol. The van der Waals surface area contributed by atoms with Crippen molar-refractivity contribution in [2.45, 2.75) is 32.0 Å². The average molecular weight is 581 g/mol. The molecule has 0 aromatic heterocycles. The molecule has 2 aromatic rings. The molecule has 0 saturated carbocycles. The Bertz CT molecular complexity index is 1550. The lowest BCUT2D eigenvalue weighted by Gasteiger charge is -2.40. The van der Waals surface area contributed by atoms with Crippen molar-refractivity contribution in [1.29, 1.82) is 0 Å². The molecule has 42 heavy (non-hydrogen) atoms. The Kier molecular flexibility index (Phi) is 7.74. The van der Waals surface area contributed by atoms with Crippen LogP contribution < -0.4 is 15.4 Å². The summed E-state index contributed by atoms with van der Waals surface area (Å²) in [4.78, 5) is 43.4. The van der Waals surface area contributed by atoms with Gasteiger partial charge in [0, 0.05) is 37.8 Å². The summed E-state index contributed by atoms with van der Waals surface area (Å²) in [6, 6.07) is 6.22. The molecule has 2 aromatic carbocycles. The fraction of sp³-hybridized carbons (Fsp3) is 0.379. The Hall–Kier alpha value is -4.70. The van der Waals surface area contributed by atoms with Crippen LogP contribution in [-0.2, 0) is 11.3 Å². The van der Waals surface area contributed by atoms with Crippen LogP contribution in [0.15, 0.2) is 35.5 Å². The van der Waals surface area contributed by atoms with Gasteiger partial charge in [0.25, 0.3) is 11.8 Å². The molecular formula is C29H30F2N6O5. The van der Waals surface area contributed by atoms with Crippen molar-refractivity contribution in [3.05, 3.63) is 64.2 Å². The molecule has 2 atom stereocenters. The summed E-state index contributed by atoms with van der Waals surface area (Å²) in [5.74, 6) is 2.45. The SMILES string of the molecule is CCN1CCN(C(=NO)c2ccc(C#C[C@]3(CN4Cc5ccc(OC)c(F)c5C4=O)NC(=O)NC3=O)cc2F)[C@@H](C)C1. The van der Waals surface area contributed by atoms with Gasteiger partial charge in [0.2, 0.25) is 5.54 Å². The molecule has 0 aliphatic carbocycles. The maximum atomic E-state index is 15.3. The molecule has 3 aliphatic heterocycles. The van der Waals surface area contributed by atoms with E-state index >= 15 is 4.39 Å². The van der Waals surface area contributed by atoms with E-state index in [2.05, 4.69) is 39.5 Å². The van der Waals surface area contributed by atoms with E-state index < -0.39 is 35.0 Å². The predicted octanol–water partition coefficient (Wildman–Crippen LogP) is 1.72. The van der Waals surface area contributed by atoms with Gasteiger partial charge in [-0.2, -0.15) is 0 Å². The maximum Gasteiger partial charge on any atom is 0.323 e. The molecule has 3 aliphatic rings. The van der Waals surface area contributed by atoms with Crippen LogP contribution in [0.5, 0.6) is 5.75 Å². The third-order valence-corrected chi connectivity index (χ3v) is 7.80. The number of rotatable bonds is 5. The number of hydrogen-bond donors (Lipinski definition) is 3. The highest BCUT2D eigenvalue weighted by Crippen LogP contribution is 2.32. The van der Waals surface area contributed by atoms with Crippen molar-refractivity contribution in [3.63, 3.8) is 0 Å². The van der Waals surface area contributed by atoms with Gasteiger partial charge in [0.05, 0.1) is 24.8 Å². The molecule has 5 rings (SSSR count). The zero-order valence-electron chi connectivity index (χ0n) is 23.3. The minimum Gasteiger partial charge on any atom is -0.494 e. The molecule has 220 valence electrons. The number of carbonyl (C=O) groups is 3. The highest BCUT2D eigenvalue weighted by molar-refractivity contribution is 6.10. The van der Waals surface area contributed by atoms with Crippen molar-refractivity contribution in [3.8, 4) is 17.6 Å². The highest BCUT2D eigenvalue weighted by Gasteiger charge is 2.49. The Balaban J connectivity index is 1.40. The van der Waals surface area contributed by atoms with Gasteiger partial charge in [-0.15, -0.1) is 0 Å². The molecule has 2 fully saturated rings. The number of benzene rings is 2. The number of ether oxygens (including phenoxy) is 1. The Morgan fingerprint density at radius 1 is 1.21 bits per heavy atom. The van der Waals surface area contributed by atoms with E-state index in [1.807, 2.05) is 11.8 Å². The summed E-state index contributed by atoms with van der Waals surface area (Å²) in [6.07, 6.45) is 0. The summed E-state index contributed by atoms with van der Waals surface area (Å²) in [7, 11) is 1.28. The van der Waals surface area contributed by atoms with Crippen LogP contribution >= 0.6 is 0 Å². The van der Waals surface area contributed by atoms with Gasteiger partial charge >= 0.3 is 6.03 Å². The number of likely N-dealkylation sites (N-methyl/N-ethyl adjacent to an activating group) is 1. The van der Waals surface area contributed by atoms with Crippen molar-refractivity contribution >= 4 is 23.7 Å². The molecule has 11 nitrogen and oxygen atoms in total. The number of halogens is 2. The van der Waals surface area contributed by atoms with Gasteiger partial charge in [-0.1, -0.05) is 30.0 Å². The smallest absolute Gasteiger partial charge is 0.323 e. The second-order valence-electron chi connectivity index (χ2n) is 10.4. The van der Waals surface area contributed by atoms with Crippen molar-refractivity contribution in [1.82, 2.24) is 25.3 Å². The van der Waals surface area contributed by atoms with E-state index in [4.69, 9.17) is 4.74 Å². The molecule has 3 N–H and O–H groups in total. The second-order valence-corrected chi connectivity index (χ2v) is 10.4. The number of urea groups is 1. The van der Waals surface area contributed by atoms with Gasteiger partial charge in [-0.25, -0.2) is 13.6 Å². The zero-order chi connectivity index (χ0) is 30.2. The quantitative estimate of drug-likeness (QED) is 0.123. The molecule has 0 radical (unpaired) electrons. The first-order valence-corrected chi connectivity index (χ1v) is 13.4. The number of carbonyl (C=O) groups excluding carboxylic acids is 3. The minimum atomic E-state index is -1.86. The van der Waals surface area contributed by atoms with Crippen LogP contribution in [0.3, 0.4) is 0 Å². The topological polar surface area (TPSA) is 127 Å². The lowest BCUT2D eigenvalue weighted by molar-refractivity contribution is -0.122. The zero-order valence-corrected chi connectivity index (χ0v) is 23.3. The fourth-order valence-electron chi connectivity index (χ4n) is 5.55. The summed E-state index contributed by atoms with van der Waals surface area (Å²) >= 11 is 0. The number of nitrogens with one attached hydrogen (secondary N) is 2. The normalized spacial score (nSPS) is 22.5. The largest absolute Gasteiger partial charge is 0.494 e. The van der Waals surface area contributed by atoms with E-state index in [9.17, 15) is 24.0 Å². The van der Waals surface area contributed by atoms with Gasteiger partial charge in [0.15, 0.2) is 17.4 Å². The molecule has 3 heterocycles. The van der Waals surface area contributed by atoms with Gasteiger partial charge < -0.3 is 25.1 Å². The highest BCUT2D eigenvalue weighted by atomic mass is 19.1. The lowest BCUT2D eigenvalue weighted by Crippen LogP contribution is -2.54. The molecule has 4 amide bonds. The number of methoxy groups -OCH3 is 1. The molecule has 0 spiro atoms. The standard InChI is InChI=1S/C29H30F2N6O5/c1-4-35-11-12-37(17(2)14-35)25(34-41)20-7-5-18(13-21(20)30)9-10-29(27(39)32-28(40)33-29)16-36-15-19-6-8-22(42-3)24(31)23(19)26(36)38/h5-8,13,17,41H,4,11-12,14-16H2,1-3H3,(H2,32,33,39,40)/t17-,29+/m0/s1. The van der Waals surface area contributed by atoms with Crippen LogP contribution in [0.25, 0.3) is 0 Å². The van der Waals surface area contributed by atoms with Gasteiger partial charge in [-0.05, 0) is 43.3 Å². The van der Waals surface area contributed by atoms with E-state index in [-0.39, 0.29) is 47.4 Å². The number of oxime groups is 1. The maximum absolute atomic E-state index is 15.3. The molecule has 0 bridgehead atoms. The minimum absolute atomic E-state index is 0.0122. The fourth-order valence-corrected chi connectivity index (χ4v) is 5.55. The van der Waals surface area contributed by atoms with Gasteiger partial charge in [0.1, 0.15) is 5.82 Å². The molecule has 2 saturated heterocycles. The number of fused-ring (bicyclic) bond motifs is 1. The van der Waals surface area contributed by atoms with Crippen LogP contribution in [0.1, 0.15) is 40.9 Å². The number of nitrogens with zero attached hydrogens (tertiary/aromatic N) is 4. The second kappa shape index (κ2) is 11.3. The monoisotopic (exact) mass is 580 g/mol. The number of amidine groups is 1. The van der Waals surface area contributed by atoms with Gasteiger partial charge in [-0.3, -0.25) is 19.8 Å². The lowest BCUT2D eigenvalue weighted by atomic mass is 9.98. The van der Waals surface area contributed by atoms with E-state index in [0.717, 1.165) is 25.7 Å². The van der Waals surface area contributed by atoms with E-state index in [0.29, 0.717) is 12.1 Å². The van der Waals surface area contributed by atoms with Crippen LogP contribution in [0.4, 0.5) is 13.6 Å². The third kappa shape index (κ3) is 5.09. The van der Waals surface area contributed by atoms with Crippen molar-refractivity contribution < 1.29 is 33.1 Å². The summed E-state index contributed by atoms with van der Waals surface area (Å²) < 4.78 is 35.1. The number of imide groups is 1. The van der Waals surface area contributed by atoms with Crippen molar-refractivity contribution in [2.24, 2.45) is 5.16 Å². The average Bonchev–Trinajstić information content (AvgIpc) is 3.43. The first-order chi connectivity index (χ1) is 20.1. The first kappa shape index (κ1) is 28.8. The number of hydrogen-bond acceptors (Lipinski definition) is 7. The van der Waals surface area contributed by atoms with E-state index in [1.165, 1.54) is 30.2 Å². The number of amides is 4. The third-order valence-electron chi connectivity index (χ3n) is 7.80. The summed E-state index contributed by atoms with van der Waals surface area (Å²) in [6.45, 7) is 6.56. The number of piperazine rings is 1.